The van der Waals surface area contributed by atoms with E-state index in [4.69, 9.17) is 20.6 Å². The zero-order valence-corrected chi connectivity index (χ0v) is 11.6. The maximum Gasteiger partial charge on any atom is 0.441 e. The number of nitrogen functional groups attached to an aromatic ring is 1. The van der Waals surface area contributed by atoms with Crippen molar-refractivity contribution in [3.8, 4) is 11.5 Å². The highest BCUT2D eigenvalue weighted by Crippen LogP contribution is 2.31. The standard InChI is InChI=1S/C12H15F3N2O2S/c1-2-18-10-7-8(11(16)17)3-4-9(10)19-5-6-20-12(13,14)15/h3-4,7H,2,5-6H2,1H3,(H3,16,17). The third kappa shape index (κ3) is 5.60. The van der Waals surface area contributed by atoms with Gasteiger partial charge in [0.05, 0.1) is 13.2 Å². The molecule has 0 aliphatic carbocycles. The molecule has 0 bridgehead atoms. The Kier molecular flexibility index (Phi) is 6.00. The summed E-state index contributed by atoms with van der Waals surface area (Å²) in [7, 11) is 0. The molecule has 0 atom stereocenters. The van der Waals surface area contributed by atoms with E-state index in [2.05, 4.69) is 0 Å². The lowest BCUT2D eigenvalue weighted by atomic mass is 10.2. The maximum atomic E-state index is 12.0. The Morgan fingerprint density at radius 2 is 2.00 bits per heavy atom. The van der Waals surface area contributed by atoms with Crippen molar-refractivity contribution < 1.29 is 22.6 Å². The Labute approximate surface area is 118 Å². The summed E-state index contributed by atoms with van der Waals surface area (Å²) in [4.78, 5) is 0. The number of nitrogens with one attached hydrogen (secondary N) is 1. The van der Waals surface area contributed by atoms with Crippen molar-refractivity contribution in [1.82, 2.24) is 0 Å². The van der Waals surface area contributed by atoms with Gasteiger partial charge in [0.25, 0.3) is 0 Å². The van der Waals surface area contributed by atoms with Crippen LogP contribution in [0.3, 0.4) is 0 Å². The molecule has 1 rings (SSSR count). The second kappa shape index (κ2) is 7.28. The molecule has 20 heavy (non-hydrogen) atoms. The van der Waals surface area contributed by atoms with Gasteiger partial charge in [-0.3, -0.25) is 5.41 Å². The van der Waals surface area contributed by atoms with E-state index in [1.54, 1.807) is 13.0 Å². The summed E-state index contributed by atoms with van der Waals surface area (Å²) in [6.07, 6.45) is 0. The van der Waals surface area contributed by atoms with Crippen molar-refractivity contribution >= 4 is 17.6 Å². The second-order valence-electron chi connectivity index (χ2n) is 3.65. The SMILES string of the molecule is CCOc1cc(C(=N)N)ccc1OCCSC(F)(F)F. The molecule has 0 fully saturated rings. The predicted octanol–water partition coefficient (Wildman–Crippen LogP) is 3.00. The van der Waals surface area contributed by atoms with E-state index in [1.807, 2.05) is 0 Å². The Hall–Kier alpha value is -1.57. The van der Waals surface area contributed by atoms with Gasteiger partial charge in [-0.2, -0.15) is 13.2 Å². The van der Waals surface area contributed by atoms with Crippen LogP contribution in [0, 0.1) is 5.41 Å². The van der Waals surface area contributed by atoms with Crippen molar-refractivity contribution in [3.63, 3.8) is 0 Å². The van der Waals surface area contributed by atoms with Gasteiger partial charge in [0.1, 0.15) is 5.84 Å². The molecule has 0 unspecified atom stereocenters. The van der Waals surface area contributed by atoms with E-state index in [0.717, 1.165) is 0 Å². The largest absolute Gasteiger partial charge is 0.490 e. The van der Waals surface area contributed by atoms with Crippen LogP contribution < -0.4 is 15.2 Å². The van der Waals surface area contributed by atoms with Gasteiger partial charge in [-0.15, -0.1) is 0 Å². The summed E-state index contributed by atoms with van der Waals surface area (Å²) in [6.45, 7) is 2.04. The highest BCUT2D eigenvalue weighted by atomic mass is 32.2. The minimum Gasteiger partial charge on any atom is -0.490 e. The number of benzene rings is 1. The van der Waals surface area contributed by atoms with Crippen LogP contribution in [-0.2, 0) is 0 Å². The van der Waals surface area contributed by atoms with Crippen molar-refractivity contribution in [1.29, 1.82) is 5.41 Å². The molecule has 1 aromatic carbocycles. The van der Waals surface area contributed by atoms with Crippen LogP contribution in [0.25, 0.3) is 0 Å². The third-order valence-corrected chi connectivity index (χ3v) is 2.86. The molecule has 0 saturated carbocycles. The average Bonchev–Trinajstić information content (AvgIpc) is 2.35. The van der Waals surface area contributed by atoms with Crippen LogP contribution in [-0.4, -0.2) is 30.3 Å². The van der Waals surface area contributed by atoms with Gasteiger partial charge in [-0.25, -0.2) is 0 Å². The molecule has 0 saturated heterocycles. The van der Waals surface area contributed by atoms with Crippen molar-refractivity contribution in [2.24, 2.45) is 5.73 Å². The topological polar surface area (TPSA) is 68.3 Å². The van der Waals surface area contributed by atoms with E-state index < -0.39 is 5.51 Å². The fourth-order valence-electron chi connectivity index (χ4n) is 1.37. The van der Waals surface area contributed by atoms with E-state index in [1.165, 1.54) is 12.1 Å². The molecule has 0 amide bonds. The molecule has 8 heteroatoms. The van der Waals surface area contributed by atoms with Crippen LogP contribution in [0.2, 0.25) is 0 Å². The predicted molar refractivity (Wildman–Crippen MR) is 72.6 cm³/mol. The summed E-state index contributed by atoms with van der Waals surface area (Å²) in [5.74, 6) is 0.366. The Bertz CT molecular complexity index is 467. The molecular formula is C12H15F3N2O2S. The number of amidine groups is 1. The molecule has 1 aromatic rings. The van der Waals surface area contributed by atoms with Crippen LogP contribution in [0.1, 0.15) is 12.5 Å². The summed E-state index contributed by atoms with van der Waals surface area (Å²) < 4.78 is 46.5. The average molecular weight is 308 g/mol. The summed E-state index contributed by atoms with van der Waals surface area (Å²) in [5.41, 5.74) is 1.56. The first-order valence-electron chi connectivity index (χ1n) is 5.78. The van der Waals surface area contributed by atoms with Gasteiger partial charge in [0, 0.05) is 11.3 Å². The number of hydrogen-bond donors (Lipinski definition) is 2. The van der Waals surface area contributed by atoms with Gasteiger partial charge >= 0.3 is 5.51 Å². The number of nitrogens with two attached hydrogens (primary N) is 1. The quantitative estimate of drug-likeness (QED) is 0.461. The number of rotatable bonds is 7. The summed E-state index contributed by atoms with van der Waals surface area (Å²) in [6, 6.07) is 4.61. The number of hydrogen-bond acceptors (Lipinski definition) is 4. The zero-order valence-electron chi connectivity index (χ0n) is 10.8. The molecule has 112 valence electrons. The van der Waals surface area contributed by atoms with Crippen LogP contribution >= 0.6 is 11.8 Å². The lowest BCUT2D eigenvalue weighted by Crippen LogP contribution is -2.12. The Morgan fingerprint density at radius 1 is 1.30 bits per heavy atom. The van der Waals surface area contributed by atoms with Crippen LogP contribution in [0.4, 0.5) is 13.2 Å². The highest BCUT2D eigenvalue weighted by molar-refractivity contribution is 8.00. The minimum atomic E-state index is -4.26. The third-order valence-electron chi connectivity index (χ3n) is 2.16. The lowest BCUT2D eigenvalue weighted by Gasteiger charge is -2.13. The minimum absolute atomic E-state index is 0.0936. The molecule has 0 aliphatic rings. The van der Waals surface area contributed by atoms with Gasteiger partial charge in [-0.1, -0.05) is 0 Å². The van der Waals surface area contributed by atoms with Gasteiger partial charge in [0.15, 0.2) is 11.5 Å². The Morgan fingerprint density at radius 3 is 2.55 bits per heavy atom. The first-order chi connectivity index (χ1) is 9.33. The molecule has 0 aromatic heterocycles. The molecule has 0 aliphatic heterocycles. The second-order valence-corrected chi connectivity index (χ2v) is 4.81. The number of ether oxygens (including phenoxy) is 2. The van der Waals surface area contributed by atoms with Gasteiger partial charge in [0.2, 0.25) is 0 Å². The first kappa shape index (κ1) is 16.5. The van der Waals surface area contributed by atoms with E-state index >= 15 is 0 Å². The van der Waals surface area contributed by atoms with Gasteiger partial charge in [-0.05, 0) is 36.9 Å². The maximum absolute atomic E-state index is 12.0. The molecule has 0 spiro atoms. The molecule has 4 nitrogen and oxygen atoms in total. The van der Waals surface area contributed by atoms with Crippen molar-refractivity contribution in [2.45, 2.75) is 12.4 Å². The molecule has 3 N–H and O–H groups in total. The van der Waals surface area contributed by atoms with E-state index in [9.17, 15) is 13.2 Å². The normalized spacial score (nSPS) is 11.2. The van der Waals surface area contributed by atoms with Crippen LogP contribution in [0.5, 0.6) is 11.5 Å². The number of alkyl halides is 3. The van der Waals surface area contributed by atoms with Crippen molar-refractivity contribution in [3.05, 3.63) is 23.8 Å². The number of thioether (sulfide) groups is 1. The lowest BCUT2D eigenvalue weighted by molar-refractivity contribution is -0.0329. The smallest absolute Gasteiger partial charge is 0.441 e. The van der Waals surface area contributed by atoms with Gasteiger partial charge < -0.3 is 15.2 Å². The summed E-state index contributed by atoms with van der Waals surface area (Å²) >= 11 is -0.140. The van der Waals surface area contributed by atoms with Crippen LogP contribution in [0.15, 0.2) is 18.2 Å². The monoisotopic (exact) mass is 308 g/mol. The fraction of sp³-hybridized carbons (Fsp3) is 0.417. The summed E-state index contributed by atoms with van der Waals surface area (Å²) in [5, 5.41) is 7.32. The zero-order chi connectivity index (χ0) is 15.2. The molecule has 0 heterocycles. The van der Waals surface area contributed by atoms with E-state index in [-0.39, 0.29) is 30.0 Å². The molecule has 0 radical (unpaired) electrons. The van der Waals surface area contributed by atoms with Crippen molar-refractivity contribution in [2.75, 3.05) is 19.0 Å². The van der Waals surface area contributed by atoms with E-state index in [0.29, 0.717) is 23.7 Å². The highest BCUT2D eigenvalue weighted by Gasteiger charge is 2.27. The first-order valence-corrected chi connectivity index (χ1v) is 6.76. The molecular weight excluding hydrogens is 293 g/mol. The number of halogens is 3. The Balaban J connectivity index is 2.66. The fourth-order valence-corrected chi connectivity index (χ4v) is 1.77.